The minimum absolute atomic E-state index is 0.0211. The molecule has 0 spiro atoms. The van der Waals surface area contributed by atoms with Crippen molar-refractivity contribution in [1.82, 2.24) is 15.5 Å². The van der Waals surface area contributed by atoms with E-state index in [0.29, 0.717) is 25.2 Å². The number of aliphatic hydroxyl groups excluding tert-OH is 2. The molecule has 1 saturated heterocycles. The maximum absolute atomic E-state index is 13.2. The third-order valence-electron chi connectivity index (χ3n) is 12.6. The van der Waals surface area contributed by atoms with Crippen molar-refractivity contribution < 1.29 is 29.6 Å². The molecule has 1 heterocycles. The fourth-order valence-corrected chi connectivity index (χ4v) is 10.3. The van der Waals surface area contributed by atoms with Crippen LogP contribution in [0.15, 0.2) is 97.1 Å². The molecule has 4 aliphatic carbocycles. The second kappa shape index (κ2) is 16.1. The van der Waals surface area contributed by atoms with Crippen LogP contribution in [0.25, 0.3) is 11.1 Å². The van der Waals surface area contributed by atoms with Crippen molar-refractivity contribution in [3.8, 4) is 16.9 Å². The zero-order valence-corrected chi connectivity index (χ0v) is 31.9. The van der Waals surface area contributed by atoms with Gasteiger partial charge in [-0.3, -0.25) is 0 Å². The first-order valence-electron chi connectivity index (χ1n) is 20.0. The molecule has 5 fully saturated rings. The smallest absolute Gasteiger partial charge is 0.315 e. The molecule has 5 N–H and O–H groups in total. The molecule has 1 aliphatic heterocycles. The van der Waals surface area contributed by atoms with Crippen LogP contribution in [0.1, 0.15) is 91.8 Å². The van der Waals surface area contributed by atoms with Gasteiger partial charge in [0.2, 0.25) is 0 Å². The molecule has 55 heavy (non-hydrogen) atoms. The van der Waals surface area contributed by atoms with E-state index in [9.17, 15) is 20.1 Å². The summed E-state index contributed by atoms with van der Waals surface area (Å²) in [7, 11) is 1.97. The fraction of sp³-hybridized carbons (Fsp3) is 0.457. The number of phenols is 1. The van der Waals surface area contributed by atoms with E-state index in [1.165, 1.54) is 19.3 Å². The zero-order valence-electron chi connectivity index (χ0n) is 31.9. The topological polar surface area (TPSA) is 124 Å². The lowest BCUT2D eigenvalue weighted by Crippen LogP contribution is -2.61. The van der Waals surface area contributed by atoms with E-state index < -0.39 is 12.4 Å². The van der Waals surface area contributed by atoms with Crippen LogP contribution in [0.5, 0.6) is 5.75 Å². The lowest BCUT2D eigenvalue weighted by molar-refractivity contribution is -0.276. The summed E-state index contributed by atoms with van der Waals surface area (Å²) >= 11 is 0. The van der Waals surface area contributed by atoms with E-state index in [0.717, 1.165) is 70.4 Å². The van der Waals surface area contributed by atoms with Gasteiger partial charge in [-0.1, -0.05) is 79.7 Å². The third kappa shape index (κ3) is 8.61. The molecule has 0 unspecified atom stereocenters. The number of aromatic hydroxyl groups is 1. The van der Waals surface area contributed by atoms with Crippen molar-refractivity contribution in [1.29, 1.82) is 0 Å². The highest BCUT2D eigenvalue weighted by molar-refractivity contribution is 5.75. The number of phenolic OH excluding ortho intramolecular Hbond substituents is 1. The molecule has 9 rings (SSSR count). The average Bonchev–Trinajstić information content (AvgIpc) is 3.17. The summed E-state index contributed by atoms with van der Waals surface area (Å²) in [6.45, 7) is 3.46. The van der Waals surface area contributed by atoms with Gasteiger partial charge in [-0.25, -0.2) is 4.79 Å². The van der Waals surface area contributed by atoms with Gasteiger partial charge in [-0.15, -0.1) is 0 Å². The van der Waals surface area contributed by atoms with E-state index in [-0.39, 0.29) is 42.1 Å². The lowest BCUT2D eigenvalue weighted by Gasteiger charge is -2.56. The Hall–Kier alpha value is -4.25. The highest BCUT2D eigenvalue weighted by atomic mass is 16.7. The molecular formula is C46H55N3O6. The van der Waals surface area contributed by atoms with Crippen molar-refractivity contribution >= 4 is 6.03 Å². The third-order valence-corrected chi connectivity index (χ3v) is 12.6. The molecule has 4 aromatic rings. The summed E-state index contributed by atoms with van der Waals surface area (Å²) in [6, 6.07) is 31.1. The first kappa shape index (κ1) is 37.7. The molecule has 2 amide bonds. The number of nitrogens with zero attached hydrogens (tertiary/aromatic N) is 1. The predicted molar refractivity (Wildman–Crippen MR) is 212 cm³/mol. The number of amides is 2. The second-order valence-corrected chi connectivity index (χ2v) is 17.0. The van der Waals surface area contributed by atoms with E-state index in [1.54, 1.807) is 18.2 Å². The second-order valence-electron chi connectivity index (χ2n) is 17.0. The molecule has 9 heteroatoms. The Morgan fingerprint density at radius 3 is 2.20 bits per heavy atom. The minimum Gasteiger partial charge on any atom is -0.508 e. The Morgan fingerprint density at radius 1 is 0.836 bits per heavy atom. The molecule has 9 nitrogen and oxygen atoms in total. The maximum Gasteiger partial charge on any atom is 0.315 e. The van der Waals surface area contributed by atoms with Gasteiger partial charge < -0.3 is 40.3 Å². The van der Waals surface area contributed by atoms with Crippen molar-refractivity contribution in [2.75, 3.05) is 20.1 Å². The first-order chi connectivity index (χ1) is 26.6. The normalized spacial score (nSPS) is 28.9. The Bertz CT molecular complexity index is 1910. The number of urea groups is 1. The van der Waals surface area contributed by atoms with Crippen molar-refractivity contribution in [2.45, 2.75) is 88.7 Å². The maximum atomic E-state index is 13.2. The molecule has 4 saturated carbocycles. The van der Waals surface area contributed by atoms with Crippen LogP contribution >= 0.6 is 0 Å². The van der Waals surface area contributed by atoms with Crippen LogP contribution in [0.3, 0.4) is 0 Å². The van der Waals surface area contributed by atoms with Crippen LogP contribution in [-0.2, 0) is 22.6 Å². The monoisotopic (exact) mass is 745 g/mol. The summed E-state index contributed by atoms with van der Waals surface area (Å²) < 4.78 is 13.5. The summed E-state index contributed by atoms with van der Waals surface area (Å²) in [5.74, 6) is 2.43. The summed E-state index contributed by atoms with van der Waals surface area (Å²) in [5, 5.41) is 37.2. The number of carbonyl (C=O) groups excluding carboxylic acids is 1. The van der Waals surface area contributed by atoms with Crippen molar-refractivity contribution in [3.63, 3.8) is 0 Å². The van der Waals surface area contributed by atoms with E-state index >= 15 is 0 Å². The number of hydrogen-bond donors (Lipinski definition) is 5. The molecule has 0 radical (unpaired) electrons. The van der Waals surface area contributed by atoms with Crippen LogP contribution in [-0.4, -0.2) is 58.0 Å². The molecule has 5 aliphatic rings. The molecular weight excluding hydrogens is 691 g/mol. The molecule has 0 aromatic heterocycles. The van der Waals surface area contributed by atoms with Crippen molar-refractivity contribution in [3.05, 3.63) is 125 Å². The Labute approximate surface area is 324 Å². The first-order valence-corrected chi connectivity index (χ1v) is 20.0. The van der Waals surface area contributed by atoms with Gasteiger partial charge in [0.1, 0.15) is 5.75 Å². The molecule has 4 aromatic carbocycles. The van der Waals surface area contributed by atoms with Crippen LogP contribution in [0.4, 0.5) is 4.79 Å². The minimum atomic E-state index is -0.774. The highest BCUT2D eigenvalue weighted by Crippen LogP contribution is 2.55. The molecule has 290 valence electrons. The highest BCUT2D eigenvalue weighted by Gasteiger charge is 2.51. The van der Waals surface area contributed by atoms with Gasteiger partial charge in [0.15, 0.2) is 6.29 Å². The number of nitrogens with one attached hydrogen (secondary N) is 2. The number of likely N-dealkylation sites (N-methyl/N-ethyl adjacent to an activating group) is 1. The number of benzene rings is 4. The molecule has 5 atom stereocenters. The van der Waals surface area contributed by atoms with Crippen molar-refractivity contribution in [2.24, 2.45) is 23.7 Å². The predicted octanol–water partition coefficient (Wildman–Crippen LogP) is 7.78. The quantitative estimate of drug-likeness (QED) is 0.100. The van der Waals surface area contributed by atoms with Gasteiger partial charge in [-0.05, 0) is 121 Å². The number of ether oxygens (including phenoxy) is 2. The van der Waals surface area contributed by atoms with E-state index in [4.69, 9.17) is 9.47 Å². The summed E-state index contributed by atoms with van der Waals surface area (Å²) in [5.41, 5.74) is 6.48. The SMILES string of the molecule is C[C@H]1[C@@H](CN(C)C[C@@H](O)c2cccc(O)c2)O[C@@H](c2cccc(-c3cccc(CNC(=O)NC45CC6CC(CC(C6)C4)C5)c3)c2)O[C@H]1c1ccc(CO)cc1. The standard InChI is InChI=1S/C46H55N3O6/c1-29-42(27-49(2)26-41(52)38-9-5-11-40(51)21-38)54-44(55-43(29)35-14-12-30(28-50)13-15-35)39-10-4-8-37(20-39)36-7-3-6-31(19-36)25-47-45(53)48-46-22-32-16-33(23-46)18-34(17-32)24-46/h3-15,19-21,29,32-34,41-44,50-52H,16-18,22-28H2,1-2H3,(H2,47,48,53)/t29-,32?,33?,34?,41+,42+,43+,44+,46?/m0/s1. The van der Waals surface area contributed by atoms with Gasteiger partial charge >= 0.3 is 6.03 Å². The van der Waals surface area contributed by atoms with Gasteiger partial charge in [0.05, 0.1) is 24.9 Å². The number of rotatable bonds is 12. The van der Waals surface area contributed by atoms with Crippen LogP contribution in [0, 0.1) is 23.7 Å². The number of hydrogen-bond acceptors (Lipinski definition) is 7. The van der Waals surface area contributed by atoms with E-state index in [2.05, 4.69) is 52.8 Å². The zero-order chi connectivity index (χ0) is 38.1. The lowest BCUT2D eigenvalue weighted by atomic mass is 9.53. The summed E-state index contributed by atoms with van der Waals surface area (Å²) in [6.07, 6.45) is 5.50. The molecule has 4 bridgehead atoms. The average molecular weight is 746 g/mol. The largest absolute Gasteiger partial charge is 0.508 e. The van der Waals surface area contributed by atoms with Gasteiger partial charge in [0, 0.05) is 36.7 Å². The Balaban J connectivity index is 0.962. The van der Waals surface area contributed by atoms with Gasteiger partial charge in [0.25, 0.3) is 0 Å². The number of carbonyl (C=O) groups is 1. The van der Waals surface area contributed by atoms with Gasteiger partial charge in [-0.2, -0.15) is 0 Å². The fourth-order valence-electron chi connectivity index (χ4n) is 10.3. The summed E-state index contributed by atoms with van der Waals surface area (Å²) in [4.78, 5) is 15.3. The number of aliphatic hydroxyl groups is 2. The van der Waals surface area contributed by atoms with E-state index in [1.807, 2.05) is 55.6 Å². The Kier molecular flexibility index (Phi) is 11.0. The van der Waals surface area contributed by atoms with Crippen LogP contribution in [0.2, 0.25) is 0 Å². The Morgan fingerprint density at radius 2 is 1.51 bits per heavy atom. The van der Waals surface area contributed by atoms with Crippen LogP contribution < -0.4 is 10.6 Å².